The molecule has 0 radical (unpaired) electrons. The number of aromatic nitrogens is 2. The van der Waals surface area contributed by atoms with Gasteiger partial charge >= 0.3 is 0 Å². The molecule has 0 saturated carbocycles. The molecule has 2 aliphatic heterocycles. The molecule has 2 aromatic rings. The lowest BCUT2D eigenvalue weighted by atomic mass is 10.1. The van der Waals surface area contributed by atoms with Crippen LogP contribution >= 0.6 is 0 Å². The number of amides is 1. The Morgan fingerprint density at radius 3 is 2.59 bits per heavy atom. The third-order valence-electron chi connectivity index (χ3n) is 5.49. The van der Waals surface area contributed by atoms with Crippen molar-refractivity contribution in [3.05, 3.63) is 42.1 Å². The molecule has 29 heavy (non-hydrogen) atoms. The highest BCUT2D eigenvalue weighted by molar-refractivity contribution is 5.80. The van der Waals surface area contributed by atoms with E-state index in [1.54, 1.807) is 13.3 Å². The smallest absolute Gasteiger partial charge is 0.227 e. The monoisotopic (exact) mass is 397 g/mol. The quantitative estimate of drug-likeness (QED) is 0.751. The lowest BCUT2D eigenvalue weighted by molar-refractivity contribution is -0.130. The molecule has 0 N–H and O–H groups in total. The minimum absolute atomic E-state index is 0.135. The molecule has 1 aromatic carbocycles. The molecular formula is C21H27N5O3. The summed E-state index contributed by atoms with van der Waals surface area (Å²) in [5, 5.41) is 8.48. The summed E-state index contributed by atoms with van der Waals surface area (Å²) in [5.74, 6) is 1.79. The molecule has 4 rings (SSSR count). The van der Waals surface area contributed by atoms with Crippen LogP contribution in [0.1, 0.15) is 5.56 Å². The average Bonchev–Trinajstić information content (AvgIpc) is 2.80. The van der Waals surface area contributed by atoms with Gasteiger partial charge in [-0.1, -0.05) is 18.2 Å². The highest BCUT2D eigenvalue weighted by Crippen LogP contribution is 2.22. The second-order valence-corrected chi connectivity index (χ2v) is 7.23. The van der Waals surface area contributed by atoms with Crippen molar-refractivity contribution in [1.29, 1.82) is 0 Å². The fraction of sp³-hybridized carbons (Fsp3) is 0.476. The number of carbonyl (C=O) groups is 1. The number of para-hydroxylation sites is 1. The molecule has 2 aliphatic rings. The predicted octanol–water partition coefficient (Wildman–Crippen LogP) is 1.21. The molecule has 8 heteroatoms. The molecule has 0 bridgehead atoms. The molecule has 0 spiro atoms. The second kappa shape index (κ2) is 9.09. The van der Waals surface area contributed by atoms with Crippen molar-refractivity contribution in [3.63, 3.8) is 0 Å². The molecule has 154 valence electrons. The Bertz CT molecular complexity index is 833. The number of ether oxygens (including phenoxy) is 2. The van der Waals surface area contributed by atoms with Crippen molar-refractivity contribution in [3.8, 4) is 5.75 Å². The summed E-state index contributed by atoms with van der Waals surface area (Å²) in [4.78, 5) is 19.2. The summed E-state index contributed by atoms with van der Waals surface area (Å²) in [7, 11) is 1.63. The Morgan fingerprint density at radius 1 is 1.07 bits per heavy atom. The topological polar surface area (TPSA) is 71.0 Å². The van der Waals surface area contributed by atoms with Gasteiger partial charge in [-0.05, 0) is 6.07 Å². The van der Waals surface area contributed by atoms with E-state index in [0.29, 0.717) is 19.5 Å². The van der Waals surface area contributed by atoms with Crippen molar-refractivity contribution >= 4 is 17.4 Å². The number of rotatable bonds is 5. The predicted molar refractivity (Wildman–Crippen MR) is 111 cm³/mol. The van der Waals surface area contributed by atoms with Crippen LogP contribution in [0.3, 0.4) is 0 Å². The number of anilines is 2. The Balaban J connectivity index is 1.35. The Morgan fingerprint density at radius 2 is 1.83 bits per heavy atom. The number of nitrogens with zero attached hydrogens (tertiary/aromatic N) is 5. The minimum Gasteiger partial charge on any atom is -0.496 e. The standard InChI is InChI=1S/C21H27N5O3/c1-28-19-5-3-2-4-17(19)14-21(27)26-8-6-24(7-9-26)18-15-20(23-22-16-18)25-10-12-29-13-11-25/h2-5,15-16H,6-14H2,1H3. The summed E-state index contributed by atoms with van der Waals surface area (Å²) < 4.78 is 10.8. The van der Waals surface area contributed by atoms with E-state index in [2.05, 4.69) is 26.1 Å². The molecule has 1 amide bonds. The van der Waals surface area contributed by atoms with Gasteiger partial charge in [-0.25, -0.2) is 0 Å². The van der Waals surface area contributed by atoms with Crippen LogP contribution < -0.4 is 14.5 Å². The van der Waals surface area contributed by atoms with E-state index in [1.165, 1.54) is 0 Å². The molecular weight excluding hydrogens is 370 g/mol. The van der Waals surface area contributed by atoms with Gasteiger partial charge in [-0.15, -0.1) is 5.10 Å². The van der Waals surface area contributed by atoms with Gasteiger partial charge in [-0.2, -0.15) is 5.10 Å². The van der Waals surface area contributed by atoms with Crippen LogP contribution in [0.2, 0.25) is 0 Å². The van der Waals surface area contributed by atoms with Crippen molar-refractivity contribution in [2.75, 3.05) is 69.4 Å². The zero-order chi connectivity index (χ0) is 20.1. The van der Waals surface area contributed by atoms with Crippen molar-refractivity contribution < 1.29 is 14.3 Å². The van der Waals surface area contributed by atoms with Gasteiger partial charge in [0.05, 0.1) is 38.6 Å². The minimum atomic E-state index is 0.135. The fourth-order valence-corrected chi connectivity index (χ4v) is 3.80. The second-order valence-electron chi connectivity index (χ2n) is 7.23. The van der Waals surface area contributed by atoms with Gasteiger partial charge in [0.25, 0.3) is 0 Å². The van der Waals surface area contributed by atoms with Gasteiger partial charge in [0.1, 0.15) is 5.75 Å². The summed E-state index contributed by atoms with van der Waals surface area (Å²) in [6.07, 6.45) is 2.16. The highest BCUT2D eigenvalue weighted by atomic mass is 16.5. The average molecular weight is 397 g/mol. The third kappa shape index (κ3) is 4.59. The van der Waals surface area contributed by atoms with Gasteiger partial charge < -0.3 is 24.2 Å². The molecule has 1 aromatic heterocycles. The van der Waals surface area contributed by atoms with E-state index in [1.807, 2.05) is 29.2 Å². The number of hydrogen-bond acceptors (Lipinski definition) is 7. The molecule has 8 nitrogen and oxygen atoms in total. The van der Waals surface area contributed by atoms with E-state index < -0.39 is 0 Å². The van der Waals surface area contributed by atoms with E-state index in [4.69, 9.17) is 9.47 Å². The first kappa shape index (κ1) is 19.4. The largest absolute Gasteiger partial charge is 0.496 e. The fourth-order valence-electron chi connectivity index (χ4n) is 3.80. The number of benzene rings is 1. The van der Waals surface area contributed by atoms with Crippen molar-refractivity contribution in [2.45, 2.75) is 6.42 Å². The summed E-state index contributed by atoms with van der Waals surface area (Å²) in [6.45, 7) is 6.08. The van der Waals surface area contributed by atoms with Crippen LogP contribution in [0.15, 0.2) is 36.5 Å². The highest BCUT2D eigenvalue weighted by Gasteiger charge is 2.23. The molecule has 3 heterocycles. The maximum absolute atomic E-state index is 12.8. The lowest BCUT2D eigenvalue weighted by Gasteiger charge is -2.36. The van der Waals surface area contributed by atoms with Gasteiger partial charge in [0.2, 0.25) is 5.91 Å². The summed E-state index contributed by atoms with van der Waals surface area (Å²) in [5.41, 5.74) is 1.98. The van der Waals surface area contributed by atoms with E-state index >= 15 is 0 Å². The first-order valence-electron chi connectivity index (χ1n) is 10.0. The van der Waals surface area contributed by atoms with Crippen molar-refractivity contribution in [2.24, 2.45) is 0 Å². The van der Waals surface area contributed by atoms with E-state index in [0.717, 1.165) is 62.2 Å². The number of piperazine rings is 1. The van der Waals surface area contributed by atoms with E-state index in [-0.39, 0.29) is 5.91 Å². The van der Waals surface area contributed by atoms with Crippen molar-refractivity contribution in [1.82, 2.24) is 15.1 Å². The first-order chi connectivity index (χ1) is 14.2. The van der Waals surface area contributed by atoms with Gasteiger partial charge in [0, 0.05) is 50.9 Å². The number of methoxy groups -OCH3 is 1. The van der Waals surface area contributed by atoms with Crippen LogP contribution in [-0.2, 0) is 16.0 Å². The van der Waals surface area contributed by atoms with Gasteiger partial charge in [-0.3, -0.25) is 4.79 Å². The van der Waals surface area contributed by atoms with Crippen LogP contribution in [0, 0.1) is 0 Å². The molecule has 0 aliphatic carbocycles. The van der Waals surface area contributed by atoms with Crippen LogP contribution in [-0.4, -0.2) is 80.6 Å². The number of morpholine rings is 1. The molecule has 2 fully saturated rings. The first-order valence-corrected chi connectivity index (χ1v) is 10.0. The zero-order valence-electron chi connectivity index (χ0n) is 16.8. The molecule has 0 atom stereocenters. The SMILES string of the molecule is COc1ccccc1CC(=O)N1CCN(c2cnnc(N3CCOCC3)c2)CC1. The normalized spacial score (nSPS) is 17.3. The molecule has 0 unspecified atom stereocenters. The van der Waals surface area contributed by atoms with Crippen LogP contribution in [0.5, 0.6) is 5.75 Å². The Kier molecular flexibility index (Phi) is 6.09. The van der Waals surface area contributed by atoms with Crippen LogP contribution in [0.4, 0.5) is 11.5 Å². The van der Waals surface area contributed by atoms with Gasteiger partial charge in [0.15, 0.2) is 5.82 Å². The summed E-state index contributed by atoms with van der Waals surface area (Å²) >= 11 is 0. The zero-order valence-corrected chi connectivity index (χ0v) is 16.8. The summed E-state index contributed by atoms with van der Waals surface area (Å²) in [6, 6.07) is 9.78. The third-order valence-corrected chi connectivity index (χ3v) is 5.49. The van der Waals surface area contributed by atoms with Crippen LogP contribution in [0.25, 0.3) is 0 Å². The Hall–Kier alpha value is -2.87. The molecule has 2 saturated heterocycles. The Labute approximate surface area is 171 Å². The maximum atomic E-state index is 12.8. The number of hydrogen-bond donors (Lipinski definition) is 0. The maximum Gasteiger partial charge on any atom is 0.227 e. The number of carbonyl (C=O) groups excluding carboxylic acids is 1. The van der Waals surface area contributed by atoms with E-state index in [9.17, 15) is 4.79 Å². The lowest BCUT2D eigenvalue weighted by Crippen LogP contribution is -2.49.